The van der Waals surface area contributed by atoms with Crippen LogP contribution >= 0.6 is 0 Å². The molecule has 0 aromatic carbocycles. The van der Waals surface area contributed by atoms with Gasteiger partial charge in [-0.3, -0.25) is 19.2 Å². The van der Waals surface area contributed by atoms with Crippen LogP contribution in [-0.2, 0) is 30.4 Å². The zero-order chi connectivity index (χ0) is 22.0. The number of carbonyl (C=O) groups is 5. The molecule has 1 aromatic rings. The average molecular weight is 412 g/mol. The maximum atomic E-state index is 12.0. The summed E-state index contributed by atoms with van der Waals surface area (Å²) in [5.41, 5.74) is 6.05. The number of nitrogens with one attached hydrogen (secondary N) is 4. The molecule has 8 N–H and O–H groups in total. The quantitative estimate of drug-likeness (QED) is 0.190. The summed E-state index contributed by atoms with van der Waals surface area (Å²) in [6, 6.07) is -3.35. The predicted octanol–water partition coefficient (Wildman–Crippen LogP) is -2.67. The number of nitrogens with two attached hydrogens (primary N) is 1. The van der Waals surface area contributed by atoms with Gasteiger partial charge in [0.25, 0.3) is 0 Å². The zero-order valence-electron chi connectivity index (χ0n) is 15.7. The average Bonchev–Trinajstić information content (AvgIpc) is 3.16. The lowest BCUT2D eigenvalue weighted by molar-refractivity contribution is -0.141. The van der Waals surface area contributed by atoms with Crippen LogP contribution in [0.15, 0.2) is 12.5 Å². The molecule has 3 amide bonds. The highest BCUT2D eigenvalue weighted by atomic mass is 16.4. The van der Waals surface area contributed by atoms with Crippen LogP contribution < -0.4 is 21.7 Å². The van der Waals surface area contributed by atoms with Crippen molar-refractivity contribution in [1.82, 2.24) is 25.9 Å². The first-order chi connectivity index (χ1) is 13.6. The number of imidazole rings is 1. The van der Waals surface area contributed by atoms with Crippen molar-refractivity contribution >= 4 is 29.7 Å². The van der Waals surface area contributed by atoms with Crippen LogP contribution in [0.4, 0.5) is 0 Å². The van der Waals surface area contributed by atoms with E-state index in [2.05, 4.69) is 25.9 Å². The summed E-state index contributed by atoms with van der Waals surface area (Å²) in [6.45, 7) is 0.851. The number of hydrogen-bond acceptors (Lipinski definition) is 7. The standard InChI is InChI=1S/C16H24N6O7/c1-8(21-15(27)10(17)2-3-13(24)25)14(26)19-6-12(23)22-11(16(28)29)4-9-5-18-7-20-9/h5,7-8,10-11H,2-4,6,17H2,1H3,(H,18,20)(H,19,26)(H,21,27)(H,22,23)(H,24,25)(H,28,29). The van der Waals surface area contributed by atoms with E-state index in [1.165, 1.54) is 19.4 Å². The Morgan fingerprint density at radius 1 is 1.17 bits per heavy atom. The highest BCUT2D eigenvalue weighted by Gasteiger charge is 2.23. The van der Waals surface area contributed by atoms with E-state index in [1.807, 2.05) is 0 Å². The smallest absolute Gasteiger partial charge is 0.326 e. The number of carboxylic acid groups (broad SMARTS) is 2. The van der Waals surface area contributed by atoms with Crippen LogP contribution in [0.1, 0.15) is 25.5 Å². The van der Waals surface area contributed by atoms with Gasteiger partial charge in [-0.2, -0.15) is 0 Å². The lowest BCUT2D eigenvalue weighted by atomic mass is 10.1. The molecule has 1 aromatic heterocycles. The monoisotopic (exact) mass is 412 g/mol. The number of hydrogen-bond donors (Lipinski definition) is 7. The van der Waals surface area contributed by atoms with Gasteiger partial charge in [0, 0.05) is 24.7 Å². The highest BCUT2D eigenvalue weighted by Crippen LogP contribution is 1.99. The Bertz CT molecular complexity index is 736. The van der Waals surface area contributed by atoms with Crippen molar-refractivity contribution < 1.29 is 34.2 Å². The van der Waals surface area contributed by atoms with Gasteiger partial charge in [-0.05, 0) is 13.3 Å². The third-order valence-corrected chi connectivity index (χ3v) is 3.79. The molecule has 160 valence electrons. The molecule has 13 nitrogen and oxygen atoms in total. The molecule has 3 atom stereocenters. The first-order valence-corrected chi connectivity index (χ1v) is 8.65. The molecular weight excluding hydrogens is 388 g/mol. The van der Waals surface area contributed by atoms with Gasteiger partial charge in [-0.25, -0.2) is 9.78 Å². The normalized spacial score (nSPS) is 13.6. The van der Waals surface area contributed by atoms with Gasteiger partial charge in [-0.15, -0.1) is 0 Å². The van der Waals surface area contributed by atoms with Crippen LogP contribution in [0.5, 0.6) is 0 Å². The molecule has 0 bridgehead atoms. The van der Waals surface area contributed by atoms with E-state index in [0.29, 0.717) is 5.69 Å². The Morgan fingerprint density at radius 2 is 1.86 bits per heavy atom. The number of amides is 3. The number of carbonyl (C=O) groups excluding carboxylic acids is 3. The van der Waals surface area contributed by atoms with E-state index >= 15 is 0 Å². The molecule has 3 unspecified atom stereocenters. The molecule has 1 rings (SSSR count). The minimum absolute atomic E-state index is 0.0181. The molecule has 29 heavy (non-hydrogen) atoms. The first-order valence-electron chi connectivity index (χ1n) is 8.65. The number of aromatic nitrogens is 2. The maximum Gasteiger partial charge on any atom is 0.326 e. The number of H-pyrrole nitrogens is 1. The highest BCUT2D eigenvalue weighted by molar-refractivity contribution is 5.92. The summed E-state index contributed by atoms with van der Waals surface area (Å²) in [5.74, 6) is -4.49. The lowest BCUT2D eigenvalue weighted by Crippen LogP contribution is -2.52. The van der Waals surface area contributed by atoms with Gasteiger partial charge in [0.15, 0.2) is 0 Å². The maximum absolute atomic E-state index is 12.0. The molecule has 0 aliphatic carbocycles. The second-order valence-corrected chi connectivity index (χ2v) is 6.23. The van der Waals surface area contributed by atoms with Gasteiger partial charge in [0.2, 0.25) is 17.7 Å². The second-order valence-electron chi connectivity index (χ2n) is 6.23. The molecular formula is C16H24N6O7. The summed E-state index contributed by atoms with van der Waals surface area (Å²) < 4.78 is 0. The van der Waals surface area contributed by atoms with Crippen LogP contribution in [0, 0.1) is 0 Å². The van der Waals surface area contributed by atoms with E-state index in [4.69, 9.17) is 10.8 Å². The number of aliphatic carboxylic acids is 2. The molecule has 0 saturated heterocycles. The third-order valence-electron chi connectivity index (χ3n) is 3.79. The number of nitrogens with zero attached hydrogens (tertiary/aromatic N) is 1. The summed E-state index contributed by atoms with van der Waals surface area (Å²) in [4.78, 5) is 63.9. The topological polar surface area (TPSA) is 217 Å². The molecule has 0 aliphatic rings. The summed E-state index contributed by atoms with van der Waals surface area (Å²) >= 11 is 0. The van der Waals surface area contributed by atoms with Crippen molar-refractivity contribution in [3.63, 3.8) is 0 Å². The van der Waals surface area contributed by atoms with Crippen molar-refractivity contribution in [2.75, 3.05) is 6.54 Å². The Balaban J connectivity index is 2.42. The van der Waals surface area contributed by atoms with E-state index in [9.17, 15) is 29.1 Å². The Labute approximate surface area is 165 Å². The fourth-order valence-electron chi connectivity index (χ4n) is 2.18. The van der Waals surface area contributed by atoms with Gasteiger partial charge >= 0.3 is 11.9 Å². The van der Waals surface area contributed by atoms with Crippen molar-refractivity contribution in [2.45, 2.75) is 44.3 Å². The fourth-order valence-corrected chi connectivity index (χ4v) is 2.18. The van der Waals surface area contributed by atoms with E-state index in [-0.39, 0.29) is 19.3 Å². The Morgan fingerprint density at radius 3 is 2.41 bits per heavy atom. The molecule has 0 saturated carbocycles. The molecule has 0 aliphatic heterocycles. The molecule has 1 heterocycles. The van der Waals surface area contributed by atoms with Gasteiger partial charge in [-0.1, -0.05) is 0 Å². The summed E-state index contributed by atoms with van der Waals surface area (Å²) in [7, 11) is 0. The van der Waals surface area contributed by atoms with E-state index in [1.54, 1.807) is 0 Å². The number of carboxylic acids is 2. The van der Waals surface area contributed by atoms with Crippen molar-refractivity contribution in [2.24, 2.45) is 5.73 Å². The number of aromatic amines is 1. The molecule has 0 radical (unpaired) electrons. The number of rotatable bonds is 12. The molecule has 0 fully saturated rings. The summed E-state index contributed by atoms with van der Waals surface area (Å²) in [5, 5.41) is 24.6. The molecule has 0 spiro atoms. The molecule has 13 heteroatoms. The van der Waals surface area contributed by atoms with Crippen LogP contribution in [-0.4, -0.2) is 74.5 Å². The Kier molecular flexibility index (Phi) is 9.25. The van der Waals surface area contributed by atoms with E-state index in [0.717, 1.165) is 0 Å². The first kappa shape index (κ1) is 23.6. The lowest BCUT2D eigenvalue weighted by Gasteiger charge is -2.18. The zero-order valence-corrected chi connectivity index (χ0v) is 15.7. The SMILES string of the molecule is CC(NC(=O)C(N)CCC(=O)O)C(=O)NCC(=O)NC(Cc1cnc[nH]1)C(=O)O. The predicted molar refractivity (Wildman–Crippen MR) is 97.3 cm³/mol. The van der Waals surface area contributed by atoms with Crippen LogP contribution in [0.3, 0.4) is 0 Å². The third kappa shape index (κ3) is 8.83. The van der Waals surface area contributed by atoms with Gasteiger partial charge in [0.1, 0.15) is 12.1 Å². The van der Waals surface area contributed by atoms with Crippen molar-refractivity contribution in [3.8, 4) is 0 Å². The Hall–Kier alpha value is -3.48. The van der Waals surface area contributed by atoms with Crippen molar-refractivity contribution in [1.29, 1.82) is 0 Å². The summed E-state index contributed by atoms with van der Waals surface area (Å²) in [6.07, 6.45) is 2.40. The van der Waals surface area contributed by atoms with Crippen LogP contribution in [0.25, 0.3) is 0 Å². The van der Waals surface area contributed by atoms with Gasteiger partial charge < -0.3 is 36.9 Å². The largest absolute Gasteiger partial charge is 0.481 e. The van der Waals surface area contributed by atoms with Gasteiger partial charge in [0.05, 0.1) is 18.9 Å². The second kappa shape index (κ2) is 11.4. The van der Waals surface area contributed by atoms with E-state index < -0.39 is 54.3 Å². The van der Waals surface area contributed by atoms with Crippen molar-refractivity contribution in [3.05, 3.63) is 18.2 Å². The fraction of sp³-hybridized carbons (Fsp3) is 0.500. The minimum Gasteiger partial charge on any atom is -0.481 e. The minimum atomic E-state index is -1.25. The van der Waals surface area contributed by atoms with Crippen LogP contribution in [0.2, 0.25) is 0 Å².